The summed E-state index contributed by atoms with van der Waals surface area (Å²) < 4.78 is 10.5. The Morgan fingerprint density at radius 3 is 2.03 bits per heavy atom. The normalized spacial score (nSPS) is 14.5. The van der Waals surface area contributed by atoms with Crippen LogP contribution in [0.2, 0.25) is 0 Å². The van der Waals surface area contributed by atoms with Crippen molar-refractivity contribution in [2.24, 2.45) is 0 Å². The molecule has 1 aromatic rings. The van der Waals surface area contributed by atoms with Gasteiger partial charge in [0.2, 0.25) is 0 Å². The number of benzene rings is 1. The zero-order valence-corrected chi connectivity index (χ0v) is 18.7. The highest BCUT2D eigenvalue weighted by Crippen LogP contribution is 2.16. The van der Waals surface area contributed by atoms with Gasteiger partial charge >= 0.3 is 12.1 Å². The molecule has 0 heterocycles. The van der Waals surface area contributed by atoms with Crippen molar-refractivity contribution in [2.75, 3.05) is 0 Å². The molecule has 0 spiro atoms. The fourth-order valence-corrected chi connectivity index (χ4v) is 2.35. The molecule has 0 saturated heterocycles. The average Bonchev–Trinajstić information content (AvgIpc) is 2.58. The Morgan fingerprint density at radius 2 is 1.57 bits per heavy atom. The van der Waals surface area contributed by atoms with Crippen LogP contribution in [0.25, 0.3) is 0 Å². The first-order chi connectivity index (χ1) is 13.6. The molecule has 1 unspecified atom stereocenters. The van der Waals surface area contributed by atoms with E-state index in [1.807, 2.05) is 6.07 Å². The van der Waals surface area contributed by atoms with E-state index in [0.29, 0.717) is 0 Å². The Balaban J connectivity index is 3.06. The molecule has 0 aliphatic carbocycles. The third-order valence-electron chi connectivity index (χ3n) is 3.70. The summed E-state index contributed by atoms with van der Waals surface area (Å²) in [6.07, 6.45) is -0.709. The lowest BCUT2D eigenvalue weighted by Crippen LogP contribution is -2.55. The second kappa shape index (κ2) is 9.61. The van der Waals surface area contributed by atoms with Crippen LogP contribution in [0.1, 0.15) is 54.0 Å². The van der Waals surface area contributed by atoms with Crippen molar-refractivity contribution in [1.82, 2.24) is 10.6 Å². The third kappa shape index (κ3) is 8.52. The summed E-state index contributed by atoms with van der Waals surface area (Å²) in [6, 6.07) is 9.56. The average molecular weight is 418 g/mol. The zero-order chi connectivity index (χ0) is 23.2. The first-order valence-corrected chi connectivity index (χ1v) is 9.65. The Bertz CT molecular complexity index is 803. The maximum atomic E-state index is 12.9. The van der Waals surface area contributed by atoms with Crippen LogP contribution in [0.15, 0.2) is 30.3 Å². The van der Waals surface area contributed by atoms with Gasteiger partial charge in [-0.25, -0.2) is 9.59 Å². The number of alkyl carbamates (subject to hydrolysis) is 1. The molecule has 8 nitrogen and oxygen atoms in total. The van der Waals surface area contributed by atoms with Crippen LogP contribution in [0.5, 0.6) is 0 Å². The van der Waals surface area contributed by atoms with E-state index in [1.54, 1.807) is 71.9 Å². The Hall–Kier alpha value is -3.08. The van der Waals surface area contributed by atoms with Crippen LogP contribution in [-0.4, -0.2) is 40.8 Å². The number of carbonyl (C=O) groups excluding carboxylic acids is 3. The van der Waals surface area contributed by atoms with Crippen molar-refractivity contribution in [1.29, 1.82) is 5.26 Å². The molecule has 2 amide bonds. The number of hydrogen-bond donors (Lipinski definition) is 2. The molecule has 30 heavy (non-hydrogen) atoms. The van der Waals surface area contributed by atoms with E-state index in [1.165, 1.54) is 6.92 Å². The zero-order valence-electron chi connectivity index (χ0n) is 18.7. The lowest BCUT2D eigenvalue weighted by molar-refractivity contribution is -0.163. The van der Waals surface area contributed by atoms with E-state index in [9.17, 15) is 19.6 Å². The number of esters is 1. The van der Waals surface area contributed by atoms with Crippen LogP contribution < -0.4 is 10.6 Å². The second-order valence-corrected chi connectivity index (χ2v) is 9.16. The van der Waals surface area contributed by atoms with Crippen LogP contribution in [0.4, 0.5) is 4.79 Å². The summed E-state index contributed by atoms with van der Waals surface area (Å²) in [5.41, 5.74) is -2.69. The van der Waals surface area contributed by atoms with Crippen LogP contribution >= 0.6 is 0 Å². The number of amides is 2. The van der Waals surface area contributed by atoms with Gasteiger partial charge in [0, 0.05) is 12.0 Å². The number of rotatable bonds is 6. The summed E-state index contributed by atoms with van der Waals surface area (Å²) in [5.74, 6) is -1.67. The van der Waals surface area contributed by atoms with Crippen molar-refractivity contribution in [3.8, 4) is 6.07 Å². The van der Waals surface area contributed by atoms with Crippen molar-refractivity contribution in [3.63, 3.8) is 0 Å². The van der Waals surface area contributed by atoms with E-state index in [-0.39, 0.29) is 6.42 Å². The molecule has 0 fully saturated rings. The van der Waals surface area contributed by atoms with E-state index < -0.39 is 40.8 Å². The summed E-state index contributed by atoms with van der Waals surface area (Å²) in [6.45, 7) is 11.5. The van der Waals surface area contributed by atoms with Gasteiger partial charge in [-0.3, -0.25) is 4.79 Å². The first-order valence-electron chi connectivity index (χ1n) is 9.65. The third-order valence-corrected chi connectivity index (χ3v) is 3.70. The molecule has 0 aliphatic heterocycles. The maximum Gasteiger partial charge on any atom is 0.408 e. The maximum absolute atomic E-state index is 12.9. The molecular weight excluding hydrogens is 386 g/mol. The molecule has 2 atom stereocenters. The topological polar surface area (TPSA) is 118 Å². The Kier molecular flexibility index (Phi) is 8.00. The van der Waals surface area contributed by atoms with E-state index in [0.717, 1.165) is 5.56 Å². The van der Waals surface area contributed by atoms with Gasteiger partial charge in [0.1, 0.15) is 17.7 Å². The molecule has 2 N–H and O–H groups in total. The van der Waals surface area contributed by atoms with Crippen LogP contribution in [0.3, 0.4) is 0 Å². The molecule has 8 heteroatoms. The number of nitriles is 1. The number of nitrogens with zero attached hydrogens (tertiary/aromatic N) is 1. The van der Waals surface area contributed by atoms with Gasteiger partial charge in [-0.05, 0) is 54.0 Å². The summed E-state index contributed by atoms with van der Waals surface area (Å²) in [7, 11) is 0. The minimum absolute atomic E-state index is 0.0985. The highest BCUT2D eigenvalue weighted by atomic mass is 16.6. The van der Waals surface area contributed by atoms with Gasteiger partial charge in [-0.15, -0.1) is 0 Å². The number of ether oxygens (including phenoxy) is 2. The van der Waals surface area contributed by atoms with Gasteiger partial charge in [-0.1, -0.05) is 30.3 Å². The van der Waals surface area contributed by atoms with Crippen molar-refractivity contribution >= 4 is 18.0 Å². The van der Waals surface area contributed by atoms with E-state index >= 15 is 0 Å². The minimum atomic E-state index is -2.06. The summed E-state index contributed by atoms with van der Waals surface area (Å²) in [4.78, 5) is 37.6. The predicted molar refractivity (Wildman–Crippen MR) is 111 cm³/mol. The fraction of sp³-hybridized carbons (Fsp3) is 0.545. The number of hydrogen-bond acceptors (Lipinski definition) is 6. The Labute approximate surface area is 177 Å². The van der Waals surface area contributed by atoms with Gasteiger partial charge in [-0.2, -0.15) is 5.26 Å². The Morgan fingerprint density at radius 1 is 1.00 bits per heavy atom. The molecule has 0 radical (unpaired) electrons. The first kappa shape index (κ1) is 25.0. The van der Waals surface area contributed by atoms with Crippen molar-refractivity contribution in [2.45, 2.75) is 77.7 Å². The van der Waals surface area contributed by atoms with E-state index in [4.69, 9.17) is 9.47 Å². The fourth-order valence-electron chi connectivity index (χ4n) is 2.35. The van der Waals surface area contributed by atoms with Gasteiger partial charge in [0.15, 0.2) is 0 Å². The predicted octanol–water partition coefficient (Wildman–Crippen LogP) is 2.86. The smallest absolute Gasteiger partial charge is 0.408 e. The van der Waals surface area contributed by atoms with Crippen LogP contribution in [0, 0.1) is 11.3 Å². The lowest BCUT2D eigenvalue weighted by atomic mass is 10.0. The van der Waals surface area contributed by atoms with Crippen molar-refractivity contribution in [3.05, 3.63) is 35.9 Å². The standard InChI is InChI=1S/C22H31N3O5/c1-20(2,3)25-18(27)22(7,14-23)29-17(26)16(13-15-11-9-8-10-12-15)24-19(28)30-21(4,5)6/h8-12,16H,13H2,1-7H3,(H,24,28)(H,25,27)/t16-,22?/m0/s1. The van der Waals surface area contributed by atoms with Gasteiger partial charge < -0.3 is 20.1 Å². The quantitative estimate of drug-likeness (QED) is 0.687. The summed E-state index contributed by atoms with van der Waals surface area (Å²) in [5, 5.41) is 14.6. The molecule has 1 rings (SSSR count). The molecule has 164 valence electrons. The monoisotopic (exact) mass is 417 g/mol. The largest absolute Gasteiger partial charge is 0.444 e. The van der Waals surface area contributed by atoms with Crippen molar-refractivity contribution < 1.29 is 23.9 Å². The molecule has 1 aromatic carbocycles. The molecule has 0 bridgehead atoms. The summed E-state index contributed by atoms with van der Waals surface area (Å²) >= 11 is 0. The number of nitrogens with one attached hydrogen (secondary N) is 2. The molecular formula is C22H31N3O5. The van der Waals surface area contributed by atoms with E-state index in [2.05, 4.69) is 10.6 Å². The highest BCUT2D eigenvalue weighted by Gasteiger charge is 2.41. The van der Waals surface area contributed by atoms with Gasteiger partial charge in [0.05, 0.1) is 0 Å². The van der Waals surface area contributed by atoms with Crippen LogP contribution in [-0.2, 0) is 25.5 Å². The van der Waals surface area contributed by atoms with Gasteiger partial charge in [0.25, 0.3) is 11.5 Å². The second-order valence-electron chi connectivity index (χ2n) is 9.16. The lowest BCUT2D eigenvalue weighted by Gasteiger charge is -2.29. The molecule has 0 saturated carbocycles. The highest BCUT2D eigenvalue weighted by molar-refractivity contribution is 5.92. The SMILES string of the molecule is CC(C)(C)NC(=O)C(C)(C#N)OC(=O)[C@H](Cc1ccccc1)NC(=O)OC(C)(C)C. The minimum Gasteiger partial charge on any atom is -0.444 e. The molecule has 0 aliphatic rings. The molecule has 0 aromatic heterocycles. The number of carbonyl (C=O) groups is 3.